The van der Waals surface area contributed by atoms with Crippen LogP contribution in [0.3, 0.4) is 0 Å². The number of rotatable bonds is 4. The molecule has 0 atom stereocenters. The van der Waals surface area contributed by atoms with E-state index in [1.807, 2.05) is 35.4 Å². The van der Waals surface area contributed by atoms with Crippen LogP contribution >= 0.6 is 21.6 Å². The normalized spacial score (nSPS) is 8.24. The van der Waals surface area contributed by atoms with Gasteiger partial charge in [-0.2, -0.15) is 0 Å². The van der Waals surface area contributed by atoms with E-state index in [1.54, 1.807) is 0 Å². The van der Waals surface area contributed by atoms with Gasteiger partial charge in [-0.25, -0.2) is 0 Å². The highest BCUT2D eigenvalue weighted by molar-refractivity contribution is 8.76. The lowest BCUT2D eigenvalue weighted by Crippen LogP contribution is -1.82. The molecule has 0 radical (unpaired) electrons. The molecule has 17 heavy (non-hydrogen) atoms. The van der Waals surface area contributed by atoms with Gasteiger partial charge in [-0.15, -0.1) is 0 Å². The number of hydrogen-bond acceptors (Lipinski definition) is 3. The summed E-state index contributed by atoms with van der Waals surface area (Å²) in [5.41, 5.74) is 1.46. The van der Waals surface area contributed by atoms with Gasteiger partial charge in [0, 0.05) is 10.6 Å². The lowest BCUT2D eigenvalue weighted by Gasteiger charge is -2.04. The largest absolute Gasteiger partial charge is 0.483 e. The molecule has 1 N–H and O–H groups in total. The molecule has 1 aromatic rings. The van der Waals surface area contributed by atoms with Gasteiger partial charge in [0.05, 0.1) is 0 Å². The van der Waals surface area contributed by atoms with Crippen LogP contribution in [0.15, 0.2) is 29.2 Å². The Morgan fingerprint density at radius 1 is 1.24 bits per heavy atom. The van der Waals surface area contributed by atoms with Crippen molar-refractivity contribution in [1.29, 1.82) is 0 Å². The zero-order chi connectivity index (χ0) is 13.5. The van der Waals surface area contributed by atoms with Crippen LogP contribution < -0.4 is 0 Å². The molecule has 0 aliphatic rings. The molecule has 2 nitrogen and oxygen atoms in total. The first-order chi connectivity index (χ1) is 8.29. The minimum absolute atomic E-state index is 0.250. The second kappa shape index (κ2) is 15.4. The first kappa shape index (κ1) is 18.7. The monoisotopic (exact) mass is 274 g/mol. The molecule has 0 fully saturated rings. The zero-order valence-corrected chi connectivity index (χ0v) is 12.6. The molecule has 0 unspecified atom stereocenters. The van der Waals surface area contributed by atoms with Crippen LogP contribution in [-0.2, 0) is 11.2 Å². The Morgan fingerprint density at radius 2 is 1.76 bits per heavy atom. The molecule has 1 rings (SSSR count). The van der Waals surface area contributed by atoms with Crippen molar-refractivity contribution in [2.45, 2.75) is 39.0 Å². The van der Waals surface area contributed by atoms with E-state index >= 15 is 0 Å². The molecule has 0 spiro atoms. The third-order valence-electron chi connectivity index (χ3n) is 1.62. The zero-order valence-electron chi connectivity index (χ0n) is 11.0. The van der Waals surface area contributed by atoms with Gasteiger partial charge in [0.15, 0.2) is 0 Å². The third kappa shape index (κ3) is 10.3. The Hall–Kier alpha value is -0.610. The quantitative estimate of drug-likeness (QED) is 0.636. The van der Waals surface area contributed by atoms with Crippen molar-refractivity contribution in [2.75, 3.05) is 5.75 Å². The molecule has 0 saturated heterocycles. The van der Waals surface area contributed by atoms with E-state index in [0.29, 0.717) is 0 Å². The number of benzene rings is 1. The SMILES string of the molecule is CC.CCSSc1ccccc1CC.O=CO. The first-order valence-corrected chi connectivity index (χ1v) is 8.07. The maximum absolute atomic E-state index is 8.36. The predicted octanol–water partition coefficient (Wildman–Crippen LogP) is 4.74. The van der Waals surface area contributed by atoms with Crippen molar-refractivity contribution in [1.82, 2.24) is 0 Å². The Kier molecular flexibility index (Phi) is 17.0. The molecule has 1 aromatic carbocycles. The summed E-state index contributed by atoms with van der Waals surface area (Å²) in [6.07, 6.45) is 1.13. The van der Waals surface area contributed by atoms with Crippen molar-refractivity contribution >= 4 is 28.1 Å². The number of aryl methyl sites for hydroxylation is 1. The summed E-state index contributed by atoms with van der Waals surface area (Å²) in [6, 6.07) is 8.63. The smallest absolute Gasteiger partial charge is 0.290 e. The van der Waals surface area contributed by atoms with Crippen molar-refractivity contribution in [2.24, 2.45) is 0 Å². The average Bonchev–Trinajstić information content (AvgIpc) is 2.40. The van der Waals surface area contributed by atoms with E-state index in [1.165, 1.54) is 16.2 Å². The van der Waals surface area contributed by atoms with Crippen LogP contribution in [-0.4, -0.2) is 17.3 Å². The van der Waals surface area contributed by atoms with E-state index in [2.05, 4.69) is 38.1 Å². The van der Waals surface area contributed by atoms with Gasteiger partial charge >= 0.3 is 0 Å². The molecule has 0 aliphatic carbocycles. The fraction of sp³-hybridized carbons (Fsp3) is 0.462. The van der Waals surface area contributed by atoms with Gasteiger partial charge in [-0.1, -0.05) is 67.5 Å². The van der Waals surface area contributed by atoms with Crippen LogP contribution in [0.4, 0.5) is 0 Å². The van der Waals surface area contributed by atoms with Gasteiger partial charge < -0.3 is 5.11 Å². The minimum atomic E-state index is -0.250. The molecule has 0 amide bonds. The topological polar surface area (TPSA) is 37.3 Å². The molecule has 0 bridgehead atoms. The predicted molar refractivity (Wildman–Crippen MR) is 79.8 cm³/mol. The highest BCUT2D eigenvalue weighted by Crippen LogP contribution is 2.33. The minimum Gasteiger partial charge on any atom is -0.483 e. The molecule has 4 heteroatoms. The fourth-order valence-electron chi connectivity index (χ4n) is 1.000. The lowest BCUT2D eigenvalue weighted by molar-refractivity contribution is -0.122. The summed E-state index contributed by atoms with van der Waals surface area (Å²) in [5.74, 6) is 1.17. The Bertz CT molecular complexity index is 278. The standard InChI is InChI=1S/C10H14S2.C2H6.CH2O2/c1-3-9-7-5-6-8-10(9)12-11-4-2;1-2;2-1-3/h5-8H,3-4H2,1-2H3;1-2H3;1H,(H,2,3). The highest BCUT2D eigenvalue weighted by atomic mass is 33.1. The van der Waals surface area contributed by atoms with Crippen LogP contribution in [0.2, 0.25) is 0 Å². The van der Waals surface area contributed by atoms with Gasteiger partial charge in [-0.3, -0.25) is 4.79 Å². The molecule has 0 aliphatic heterocycles. The van der Waals surface area contributed by atoms with Gasteiger partial charge in [-0.05, 0) is 18.1 Å². The highest BCUT2D eigenvalue weighted by Gasteiger charge is 1.98. The molecule has 0 aromatic heterocycles. The Morgan fingerprint density at radius 3 is 2.24 bits per heavy atom. The van der Waals surface area contributed by atoms with Crippen LogP contribution in [0.1, 0.15) is 33.3 Å². The van der Waals surface area contributed by atoms with Gasteiger partial charge in [0.25, 0.3) is 6.47 Å². The van der Waals surface area contributed by atoms with E-state index in [-0.39, 0.29) is 6.47 Å². The van der Waals surface area contributed by atoms with E-state index in [4.69, 9.17) is 9.90 Å². The molecule has 98 valence electrons. The lowest BCUT2D eigenvalue weighted by atomic mass is 10.2. The van der Waals surface area contributed by atoms with Crippen molar-refractivity contribution < 1.29 is 9.90 Å². The first-order valence-electron chi connectivity index (χ1n) is 5.75. The van der Waals surface area contributed by atoms with Crippen LogP contribution in [0.25, 0.3) is 0 Å². The van der Waals surface area contributed by atoms with Crippen LogP contribution in [0.5, 0.6) is 0 Å². The van der Waals surface area contributed by atoms with Gasteiger partial charge in [0.1, 0.15) is 0 Å². The molecule has 0 saturated carbocycles. The maximum Gasteiger partial charge on any atom is 0.290 e. The summed E-state index contributed by atoms with van der Waals surface area (Å²) >= 11 is 0. The molecular weight excluding hydrogens is 252 g/mol. The summed E-state index contributed by atoms with van der Waals surface area (Å²) in [4.78, 5) is 9.78. The second-order valence-corrected chi connectivity index (χ2v) is 5.18. The molecule has 0 heterocycles. The van der Waals surface area contributed by atoms with E-state index in [0.717, 1.165) is 6.42 Å². The van der Waals surface area contributed by atoms with Crippen molar-refractivity contribution in [3.63, 3.8) is 0 Å². The number of hydrogen-bond donors (Lipinski definition) is 1. The Balaban J connectivity index is 0. The summed E-state index contributed by atoms with van der Waals surface area (Å²) in [7, 11) is 3.80. The summed E-state index contributed by atoms with van der Waals surface area (Å²) in [6.45, 7) is 8.14. The molecular formula is C13H22O2S2. The second-order valence-electron chi connectivity index (χ2n) is 2.56. The maximum atomic E-state index is 8.36. The summed E-state index contributed by atoms with van der Waals surface area (Å²) < 4.78 is 0. The average molecular weight is 274 g/mol. The number of carboxylic acid groups (broad SMARTS) is 1. The Labute approximate surface area is 113 Å². The van der Waals surface area contributed by atoms with Crippen molar-refractivity contribution in [3.05, 3.63) is 29.8 Å². The van der Waals surface area contributed by atoms with E-state index in [9.17, 15) is 0 Å². The third-order valence-corrected chi connectivity index (χ3v) is 4.15. The van der Waals surface area contributed by atoms with Crippen LogP contribution in [0, 0.1) is 0 Å². The van der Waals surface area contributed by atoms with Crippen molar-refractivity contribution in [3.8, 4) is 0 Å². The fourth-order valence-corrected chi connectivity index (χ4v) is 2.92. The summed E-state index contributed by atoms with van der Waals surface area (Å²) in [5, 5.41) is 6.89. The number of carbonyl (C=O) groups is 1. The van der Waals surface area contributed by atoms with Gasteiger partial charge in [0.2, 0.25) is 0 Å². The van der Waals surface area contributed by atoms with E-state index < -0.39 is 0 Å².